The van der Waals surface area contributed by atoms with Crippen LogP contribution in [0.3, 0.4) is 0 Å². The van der Waals surface area contributed by atoms with Crippen LogP contribution in [0, 0.1) is 10.1 Å². The minimum Gasteiger partial charge on any atom is -0.482 e. The molecule has 1 aromatic heterocycles. The van der Waals surface area contributed by atoms with Crippen LogP contribution in [0.15, 0.2) is 30.6 Å². The number of rotatable bonds is 7. The standard InChI is InChI=1S/C16H19ClN4O4/c1-11(24-15-4-3-12(17)7-14(15)21(22)23)8-19(2)9-13-10-20-6-5-18-16(20)25-13/h3-7,11,13H,8-10H2,1-2H3/t11?,13-/m0/s1. The zero-order valence-electron chi connectivity index (χ0n) is 14.0. The number of halogens is 1. The van der Waals surface area contributed by atoms with Gasteiger partial charge in [-0.3, -0.25) is 19.6 Å². The van der Waals surface area contributed by atoms with Crippen molar-refractivity contribution in [1.29, 1.82) is 0 Å². The molecular formula is C16H19ClN4O4. The quantitative estimate of drug-likeness (QED) is 0.553. The van der Waals surface area contributed by atoms with Gasteiger partial charge < -0.3 is 9.47 Å². The molecule has 0 amide bonds. The van der Waals surface area contributed by atoms with E-state index in [0.29, 0.717) is 24.1 Å². The summed E-state index contributed by atoms with van der Waals surface area (Å²) in [5.41, 5.74) is -0.133. The van der Waals surface area contributed by atoms with Crippen molar-refractivity contribution >= 4 is 17.3 Å². The molecule has 134 valence electrons. The van der Waals surface area contributed by atoms with Crippen molar-refractivity contribution in [2.75, 3.05) is 20.1 Å². The molecule has 0 N–H and O–H groups in total. The van der Waals surface area contributed by atoms with E-state index < -0.39 is 4.92 Å². The highest BCUT2D eigenvalue weighted by atomic mass is 35.5. The van der Waals surface area contributed by atoms with Gasteiger partial charge in [0.05, 0.1) is 11.5 Å². The molecule has 0 aliphatic carbocycles. The maximum Gasteiger partial charge on any atom is 0.312 e. The molecule has 0 radical (unpaired) electrons. The van der Waals surface area contributed by atoms with E-state index in [1.165, 1.54) is 12.1 Å². The molecule has 8 nitrogen and oxygen atoms in total. The summed E-state index contributed by atoms with van der Waals surface area (Å²) < 4.78 is 13.5. The Bertz CT molecular complexity index is 746. The molecule has 1 aromatic carbocycles. The molecule has 1 aliphatic rings. The lowest BCUT2D eigenvalue weighted by Crippen LogP contribution is -2.38. The number of ether oxygens (including phenoxy) is 2. The summed E-state index contributed by atoms with van der Waals surface area (Å²) >= 11 is 5.82. The first-order valence-corrected chi connectivity index (χ1v) is 8.27. The fraction of sp³-hybridized carbons (Fsp3) is 0.438. The van der Waals surface area contributed by atoms with Crippen molar-refractivity contribution in [3.05, 3.63) is 45.7 Å². The number of nitrogens with zero attached hydrogens (tertiary/aromatic N) is 4. The van der Waals surface area contributed by atoms with Gasteiger partial charge in [0.2, 0.25) is 0 Å². The molecule has 0 fully saturated rings. The number of nitro benzene ring substituents is 1. The molecule has 25 heavy (non-hydrogen) atoms. The SMILES string of the molecule is CC(CN(C)C[C@H]1Cn2ccnc2O1)Oc1ccc(Cl)cc1[N+](=O)[O-]. The lowest BCUT2D eigenvalue weighted by molar-refractivity contribution is -0.386. The van der Waals surface area contributed by atoms with Crippen LogP contribution in [0.25, 0.3) is 0 Å². The highest BCUT2D eigenvalue weighted by molar-refractivity contribution is 6.30. The second-order valence-corrected chi connectivity index (χ2v) is 6.56. The molecule has 2 atom stereocenters. The van der Waals surface area contributed by atoms with Crippen LogP contribution >= 0.6 is 11.6 Å². The summed E-state index contributed by atoms with van der Waals surface area (Å²) in [6, 6.07) is 5.03. The number of likely N-dealkylation sites (N-methyl/N-ethyl adjacent to an activating group) is 1. The van der Waals surface area contributed by atoms with E-state index in [4.69, 9.17) is 21.1 Å². The van der Waals surface area contributed by atoms with E-state index in [0.717, 1.165) is 6.54 Å². The fourth-order valence-electron chi connectivity index (χ4n) is 2.90. The molecular weight excluding hydrogens is 348 g/mol. The van der Waals surface area contributed by atoms with Crippen LogP contribution in [0.1, 0.15) is 6.92 Å². The second-order valence-electron chi connectivity index (χ2n) is 6.12. The molecule has 0 saturated carbocycles. The molecule has 9 heteroatoms. The molecule has 0 bridgehead atoms. The monoisotopic (exact) mass is 366 g/mol. The highest BCUT2D eigenvalue weighted by Crippen LogP contribution is 2.30. The van der Waals surface area contributed by atoms with E-state index in [1.807, 2.05) is 24.7 Å². The first-order chi connectivity index (χ1) is 11.9. The average molecular weight is 367 g/mol. The fourth-order valence-corrected chi connectivity index (χ4v) is 3.07. The van der Waals surface area contributed by atoms with Crippen LogP contribution in [-0.4, -0.2) is 51.7 Å². The summed E-state index contributed by atoms with van der Waals surface area (Å²) in [5, 5.41) is 11.4. The third kappa shape index (κ3) is 4.21. The maximum absolute atomic E-state index is 11.1. The van der Waals surface area contributed by atoms with Gasteiger partial charge in [-0.2, -0.15) is 0 Å². The maximum atomic E-state index is 11.1. The number of imidazole rings is 1. The normalized spacial score (nSPS) is 17.2. The molecule has 1 aliphatic heterocycles. The lowest BCUT2D eigenvalue weighted by atomic mass is 10.2. The second kappa shape index (κ2) is 7.28. The summed E-state index contributed by atoms with van der Waals surface area (Å²) in [5.74, 6) is 0.215. The third-order valence-electron chi connectivity index (χ3n) is 3.88. The largest absolute Gasteiger partial charge is 0.482 e. The molecule has 2 aromatic rings. The molecule has 2 heterocycles. The van der Waals surface area contributed by atoms with Gasteiger partial charge in [0, 0.05) is 36.6 Å². The molecule has 3 rings (SSSR count). The van der Waals surface area contributed by atoms with E-state index in [2.05, 4.69) is 9.88 Å². The Morgan fingerprint density at radius 2 is 2.40 bits per heavy atom. The Labute approximate surface area is 150 Å². The summed E-state index contributed by atoms with van der Waals surface area (Å²) in [6.07, 6.45) is 3.40. The minimum atomic E-state index is -0.495. The van der Waals surface area contributed by atoms with Gasteiger partial charge in [-0.25, -0.2) is 4.98 Å². The molecule has 0 saturated heterocycles. The molecule has 0 spiro atoms. The van der Waals surface area contributed by atoms with Gasteiger partial charge in [-0.05, 0) is 26.1 Å². The van der Waals surface area contributed by atoms with E-state index in [9.17, 15) is 10.1 Å². The van der Waals surface area contributed by atoms with E-state index in [-0.39, 0.29) is 23.6 Å². The Morgan fingerprint density at radius 1 is 1.60 bits per heavy atom. The van der Waals surface area contributed by atoms with Crippen molar-refractivity contribution in [2.24, 2.45) is 0 Å². The van der Waals surface area contributed by atoms with Crippen molar-refractivity contribution in [3.63, 3.8) is 0 Å². The van der Waals surface area contributed by atoms with Gasteiger partial charge >= 0.3 is 5.69 Å². The number of nitro groups is 1. The summed E-state index contributed by atoms with van der Waals surface area (Å²) in [6.45, 7) is 3.94. The minimum absolute atomic E-state index is 0.0331. The number of hydrogen-bond acceptors (Lipinski definition) is 6. The van der Waals surface area contributed by atoms with Crippen molar-refractivity contribution < 1.29 is 14.4 Å². The van der Waals surface area contributed by atoms with Gasteiger partial charge in [-0.15, -0.1) is 0 Å². The number of aromatic nitrogens is 2. The van der Waals surface area contributed by atoms with Crippen LogP contribution in [0.2, 0.25) is 5.02 Å². The van der Waals surface area contributed by atoms with Gasteiger partial charge in [0.1, 0.15) is 12.2 Å². The number of hydrogen-bond donors (Lipinski definition) is 0. The van der Waals surface area contributed by atoms with Gasteiger partial charge in [-0.1, -0.05) is 11.6 Å². The Kier molecular flexibility index (Phi) is 5.10. The first-order valence-electron chi connectivity index (χ1n) is 7.89. The van der Waals surface area contributed by atoms with Crippen molar-refractivity contribution in [2.45, 2.75) is 25.7 Å². The highest BCUT2D eigenvalue weighted by Gasteiger charge is 2.25. The van der Waals surface area contributed by atoms with Gasteiger partial charge in [0.15, 0.2) is 5.75 Å². The van der Waals surface area contributed by atoms with Crippen LogP contribution in [0.4, 0.5) is 5.69 Å². The van der Waals surface area contributed by atoms with E-state index >= 15 is 0 Å². The zero-order chi connectivity index (χ0) is 18.0. The van der Waals surface area contributed by atoms with E-state index in [1.54, 1.807) is 12.3 Å². The van der Waals surface area contributed by atoms with Gasteiger partial charge in [0.25, 0.3) is 6.01 Å². The Hall–Kier alpha value is -2.32. The third-order valence-corrected chi connectivity index (χ3v) is 4.11. The molecule has 1 unspecified atom stereocenters. The first kappa shape index (κ1) is 17.5. The number of benzene rings is 1. The lowest BCUT2D eigenvalue weighted by Gasteiger charge is -2.24. The Balaban J connectivity index is 1.53. The van der Waals surface area contributed by atoms with Crippen molar-refractivity contribution in [1.82, 2.24) is 14.5 Å². The predicted molar refractivity (Wildman–Crippen MR) is 92.3 cm³/mol. The van der Waals surface area contributed by atoms with Crippen LogP contribution < -0.4 is 9.47 Å². The smallest absolute Gasteiger partial charge is 0.312 e. The average Bonchev–Trinajstić information content (AvgIpc) is 3.09. The summed E-state index contributed by atoms with van der Waals surface area (Å²) in [4.78, 5) is 16.8. The summed E-state index contributed by atoms with van der Waals surface area (Å²) in [7, 11) is 1.96. The Morgan fingerprint density at radius 3 is 3.12 bits per heavy atom. The zero-order valence-corrected chi connectivity index (χ0v) is 14.7. The number of fused-ring (bicyclic) bond motifs is 1. The van der Waals surface area contributed by atoms with Crippen LogP contribution in [0.5, 0.6) is 11.8 Å². The topological polar surface area (TPSA) is 82.7 Å². The van der Waals surface area contributed by atoms with Crippen molar-refractivity contribution in [3.8, 4) is 11.8 Å². The van der Waals surface area contributed by atoms with Crippen LogP contribution in [-0.2, 0) is 6.54 Å². The predicted octanol–water partition coefficient (Wildman–Crippen LogP) is 2.60.